The lowest BCUT2D eigenvalue weighted by molar-refractivity contribution is -0.123. The van der Waals surface area contributed by atoms with E-state index in [-0.39, 0.29) is 18.6 Å². The fraction of sp³-hybridized carbons (Fsp3) is 0.500. The molecule has 5 nitrogen and oxygen atoms in total. The maximum absolute atomic E-state index is 11.9. The molecule has 1 aromatic carbocycles. The first kappa shape index (κ1) is 13.7. The molecule has 2 rings (SSSR count). The fourth-order valence-electron chi connectivity index (χ4n) is 1.94. The molecule has 1 aliphatic heterocycles. The summed E-state index contributed by atoms with van der Waals surface area (Å²) in [5.41, 5.74) is 6.78. The molecule has 19 heavy (non-hydrogen) atoms. The summed E-state index contributed by atoms with van der Waals surface area (Å²) < 4.78 is 10.7. The molecule has 0 spiro atoms. The second-order valence-electron chi connectivity index (χ2n) is 4.78. The molecule has 1 aliphatic rings. The third-order valence-corrected chi connectivity index (χ3v) is 3.49. The van der Waals surface area contributed by atoms with Crippen LogP contribution < -0.4 is 20.5 Å². The third-order valence-electron chi connectivity index (χ3n) is 3.49. The smallest absolute Gasteiger partial charge is 0.237 e. The molecule has 3 N–H and O–H groups in total. The summed E-state index contributed by atoms with van der Waals surface area (Å²) >= 11 is 0. The first-order valence-electron chi connectivity index (χ1n) is 6.54. The summed E-state index contributed by atoms with van der Waals surface area (Å²) in [6.07, 6.45) is 0.881. The van der Waals surface area contributed by atoms with Crippen LogP contribution in [-0.2, 0) is 11.3 Å². The van der Waals surface area contributed by atoms with E-state index in [0.717, 1.165) is 17.7 Å². The predicted octanol–water partition coefficient (Wildman–Crippen LogP) is 1.40. The standard InChI is InChI=1S/C14H20N2O3/c1-3-9(2)12(15)14(17)16-7-10-5-4-6-11-13(10)19-8-18-11/h4-6,9,12H,3,7-8,15H2,1-2H3,(H,16,17)/t9?,12-/m0/s1. The van der Waals surface area contributed by atoms with Gasteiger partial charge in [0.05, 0.1) is 6.04 Å². The molecule has 0 saturated carbocycles. The van der Waals surface area contributed by atoms with Crippen molar-refractivity contribution in [2.45, 2.75) is 32.9 Å². The number of amides is 1. The number of benzene rings is 1. The predicted molar refractivity (Wildman–Crippen MR) is 71.8 cm³/mol. The van der Waals surface area contributed by atoms with E-state index in [1.807, 2.05) is 32.0 Å². The van der Waals surface area contributed by atoms with Gasteiger partial charge < -0.3 is 20.5 Å². The van der Waals surface area contributed by atoms with Crippen LogP contribution in [0.1, 0.15) is 25.8 Å². The Hall–Kier alpha value is -1.75. The number of nitrogens with one attached hydrogen (secondary N) is 1. The average molecular weight is 264 g/mol. The second kappa shape index (κ2) is 5.93. The molecule has 1 amide bonds. The Morgan fingerprint density at radius 1 is 1.47 bits per heavy atom. The first-order valence-corrected chi connectivity index (χ1v) is 6.54. The lowest BCUT2D eigenvalue weighted by Crippen LogP contribution is -2.44. The number of hydrogen-bond donors (Lipinski definition) is 2. The van der Waals surface area contributed by atoms with Gasteiger partial charge in [-0.05, 0) is 12.0 Å². The van der Waals surface area contributed by atoms with Gasteiger partial charge in [0.15, 0.2) is 11.5 Å². The minimum Gasteiger partial charge on any atom is -0.454 e. The summed E-state index contributed by atoms with van der Waals surface area (Å²) in [7, 11) is 0. The van der Waals surface area contributed by atoms with Gasteiger partial charge >= 0.3 is 0 Å². The number of carbonyl (C=O) groups is 1. The van der Waals surface area contributed by atoms with Crippen molar-refractivity contribution in [2.75, 3.05) is 6.79 Å². The van der Waals surface area contributed by atoms with Crippen LogP contribution >= 0.6 is 0 Å². The summed E-state index contributed by atoms with van der Waals surface area (Å²) in [5.74, 6) is 1.46. The van der Waals surface area contributed by atoms with Gasteiger partial charge in [0, 0.05) is 12.1 Å². The van der Waals surface area contributed by atoms with Crippen LogP contribution in [0.3, 0.4) is 0 Å². The molecule has 0 aromatic heterocycles. The number of hydrogen-bond acceptors (Lipinski definition) is 4. The number of carbonyl (C=O) groups excluding carboxylic acids is 1. The Morgan fingerprint density at radius 2 is 2.26 bits per heavy atom. The molecule has 0 bridgehead atoms. The zero-order valence-corrected chi connectivity index (χ0v) is 11.3. The van der Waals surface area contributed by atoms with E-state index in [4.69, 9.17) is 15.2 Å². The maximum Gasteiger partial charge on any atom is 0.237 e. The quantitative estimate of drug-likeness (QED) is 0.843. The molecule has 104 valence electrons. The number of rotatable bonds is 5. The molecular weight excluding hydrogens is 244 g/mol. The van der Waals surface area contributed by atoms with Crippen LogP contribution in [0.25, 0.3) is 0 Å². The molecule has 5 heteroatoms. The number of nitrogens with two attached hydrogens (primary N) is 1. The highest BCUT2D eigenvalue weighted by molar-refractivity contribution is 5.81. The molecule has 1 unspecified atom stereocenters. The molecule has 1 heterocycles. The Bertz CT molecular complexity index is 462. The minimum absolute atomic E-state index is 0.133. The normalized spacial score (nSPS) is 15.9. The topological polar surface area (TPSA) is 73.6 Å². The van der Waals surface area contributed by atoms with E-state index in [9.17, 15) is 4.79 Å². The average Bonchev–Trinajstić information content (AvgIpc) is 2.91. The number of fused-ring (bicyclic) bond motifs is 1. The molecular formula is C14H20N2O3. The lowest BCUT2D eigenvalue weighted by Gasteiger charge is -2.18. The molecule has 0 radical (unpaired) electrons. The minimum atomic E-state index is -0.473. The van der Waals surface area contributed by atoms with E-state index >= 15 is 0 Å². The van der Waals surface area contributed by atoms with Crippen LogP contribution in [-0.4, -0.2) is 18.7 Å². The second-order valence-corrected chi connectivity index (χ2v) is 4.78. The van der Waals surface area contributed by atoms with Crippen LogP contribution in [0.15, 0.2) is 18.2 Å². The van der Waals surface area contributed by atoms with Gasteiger partial charge in [-0.1, -0.05) is 32.4 Å². The van der Waals surface area contributed by atoms with Gasteiger partial charge in [-0.2, -0.15) is 0 Å². The Labute approximate surface area is 113 Å². The summed E-state index contributed by atoms with van der Waals surface area (Å²) in [4.78, 5) is 11.9. The summed E-state index contributed by atoms with van der Waals surface area (Å²) in [6.45, 7) is 4.62. The number of ether oxygens (including phenoxy) is 2. The number of para-hydroxylation sites is 1. The van der Waals surface area contributed by atoms with Crippen molar-refractivity contribution in [1.29, 1.82) is 0 Å². The fourth-order valence-corrected chi connectivity index (χ4v) is 1.94. The molecule has 1 aromatic rings. The van der Waals surface area contributed by atoms with Crippen molar-refractivity contribution in [3.63, 3.8) is 0 Å². The van der Waals surface area contributed by atoms with Crippen molar-refractivity contribution in [3.05, 3.63) is 23.8 Å². The highest BCUT2D eigenvalue weighted by Crippen LogP contribution is 2.35. The van der Waals surface area contributed by atoms with Crippen LogP contribution in [0.4, 0.5) is 0 Å². The van der Waals surface area contributed by atoms with Crippen LogP contribution in [0.2, 0.25) is 0 Å². The Kier molecular flexibility index (Phi) is 4.27. The molecule has 0 aliphatic carbocycles. The Balaban J connectivity index is 1.96. The SMILES string of the molecule is CCC(C)[C@H](N)C(=O)NCc1cccc2c1OCO2. The van der Waals surface area contributed by atoms with E-state index in [0.29, 0.717) is 12.3 Å². The van der Waals surface area contributed by atoms with Crippen molar-refractivity contribution in [2.24, 2.45) is 11.7 Å². The van der Waals surface area contributed by atoms with Crippen LogP contribution in [0, 0.1) is 5.92 Å². The zero-order valence-electron chi connectivity index (χ0n) is 11.3. The van der Waals surface area contributed by atoms with Crippen molar-refractivity contribution >= 4 is 5.91 Å². The van der Waals surface area contributed by atoms with Crippen LogP contribution in [0.5, 0.6) is 11.5 Å². The van der Waals surface area contributed by atoms with E-state index in [1.165, 1.54) is 0 Å². The summed E-state index contributed by atoms with van der Waals surface area (Å²) in [6, 6.07) is 5.16. The van der Waals surface area contributed by atoms with Gasteiger partial charge in [-0.15, -0.1) is 0 Å². The summed E-state index contributed by atoms with van der Waals surface area (Å²) in [5, 5.41) is 2.84. The van der Waals surface area contributed by atoms with Gasteiger partial charge in [-0.3, -0.25) is 4.79 Å². The van der Waals surface area contributed by atoms with Crippen molar-refractivity contribution in [3.8, 4) is 11.5 Å². The maximum atomic E-state index is 11.9. The van der Waals surface area contributed by atoms with Gasteiger partial charge in [0.25, 0.3) is 0 Å². The van der Waals surface area contributed by atoms with E-state index in [1.54, 1.807) is 0 Å². The lowest BCUT2D eigenvalue weighted by atomic mass is 9.99. The molecule has 2 atom stereocenters. The molecule has 0 saturated heterocycles. The molecule has 0 fully saturated rings. The Morgan fingerprint density at radius 3 is 3.00 bits per heavy atom. The van der Waals surface area contributed by atoms with E-state index in [2.05, 4.69) is 5.32 Å². The van der Waals surface area contributed by atoms with E-state index < -0.39 is 6.04 Å². The monoisotopic (exact) mass is 264 g/mol. The van der Waals surface area contributed by atoms with Gasteiger partial charge in [-0.25, -0.2) is 0 Å². The highest BCUT2D eigenvalue weighted by atomic mass is 16.7. The van der Waals surface area contributed by atoms with Crippen molar-refractivity contribution < 1.29 is 14.3 Å². The highest BCUT2D eigenvalue weighted by Gasteiger charge is 2.21. The van der Waals surface area contributed by atoms with Gasteiger partial charge in [0.2, 0.25) is 12.7 Å². The first-order chi connectivity index (χ1) is 9.13. The largest absolute Gasteiger partial charge is 0.454 e. The van der Waals surface area contributed by atoms with Gasteiger partial charge in [0.1, 0.15) is 0 Å². The third kappa shape index (κ3) is 2.98. The van der Waals surface area contributed by atoms with Crippen molar-refractivity contribution in [1.82, 2.24) is 5.32 Å². The zero-order chi connectivity index (χ0) is 13.8.